The third-order valence-corrected chi connectivity index (χ3v) is 7.23. The average molecular weight is 579 g/mol. The summed E-state index contributed by atoms with van der Waals surface area (Å²) >= 11 is 5.96. The van der Waals surface area contributed by atoms with E-state index in [4.69, 9.17) is 4.98 Å². The number of aliphatic hydroxyl groups is 1. The van der Waals surface area contributed by atoms with E-state index in [1.54, 1.807) is 0 Å². The number of fused-ring (bicyclic) bond motifs is 5. The van der Waals surface area contributed by atoms with Crippen molar-refractivity contribution in [1.29, 1.82) is 0 Å². The summed E-state index contributed by atoms with van der Waals surface area (Å²) in [6.07, 6.45) is 0. The Morgan fingerprint density at radius 3 is 2.42 bits per heavy atom. The van der Waals surface area contributed by atoms with E-state index in [0.29, 0.717) is 5.82 Å². The molecular weight excluding hydrogens is 563 g/mol. The van der Waals surface area contributed by atoms with Crippen LogP contribution >= 0.6 is 38.5 Å². The number of aromatic nitrogens is 2. The molecule has 1 aliphatic rings. The number of para-hydroxylation sites is 2. The zero-order chi connectivity index (χ0) is 21.2. The van der Waals surface area contributed by atoms with Crippen LogP contribution in [-0.2, 0) is 5.60 Å². The number of benzene rings is 4. The van der Waals surface area contributed by atoms with Gasteiger partial charge in [-0.25, -0.2) is 4.98 Å². The third-order valence-electron chi connectivity index (χ3n) is 5.92. The van der Waals surface area contributed by atoms with Gasteiger partial charge in [0, 0.05) is 19.2 Å². The standard InChI is InChI=1S/C26H16BrIN2O/c27-17-14-20(28)24-23(15-17)30-22-13-7-6-12-21(22)29-25(30)26(24,31)19-11-5-4-10-18(19)16-8-2-1-3-9-16/h1-15,31H. The second-order valence-corrected chi connectivity index (χ2v) is 9.74. The van der Waals surface area contributed by atoms with Gasteiger partial charge in [-0.1, -0.05) is 82.7 Å². The molecule has 1 aliphatic heterocycles. The Labute approximate surface area is 201 Å². The first kappa shape index (κ1) is 19.2. The van der Waals surface area contributed by atoms with Crippen molar-refractivity contribution in [2.45, 2.75) is 5.60 Å². The number of hydrogen-bond acceptors (Lipinski definition) is 2. The van der Waals surface area contributed by atoms with E-state index in [-0.39, 0.29) is 0 Å². The first-order valence-corrected chi connectivity index (χ1v) is 11.8. The summed E-state index contributed by atoms with van der Waals surface area (Å²) in [6, 6.07) is 30.4. The van der Waals surface area contributed by atoms with Crippen molar-refractivity contribution in [2.75, 3.05) is 0 Å². The van der Waals surface area contributed by atoms with Crippen molar-refractivity contribution >= 4 is 49.6 Å². The second-order valence-electron chi connectivity index (χ2n) is 7.66. The Morgan fingerprint density at radius 1 is 0.871 bits per heavy atom. The van der Waals surface area contributed by atoms with E-state index >= 15 is 0 Å². The maximum absolute atomic E-state index is 12.6. The molecule has 4 aromatic carbocycles. The number of hydrogen-bond donors (Lipinski definition) is 1. The summed E-state index contributed by atoms with van der Waals surface area (Å²) < 4.78 is 4.06. The van der Waals surface area contributed by atoms with E-state index in [9.17, 15) is 5.11 Å². The summed E-state index contributed by atoms with van der Waals surface area (Å²) in [5.41, 5.74) is 5.19. The normalized spacial score (nSPS) is 17.0. The molecule has 0 radical (unpaired) electrons. The zero-order valence-electron chi connectivity index (χ0n) is 16.3. The number of rotatable bonds is 2. The first-order valence-electron chi connectivity index (χ1n) is 9.94. The molecule has 1 unspecified atom stereocenters. The molecule has 150 valence electrons. The van der Waals surface area contributed by atoms with Crippen LogP contribution in [0.15, 0.2) is 95.5 Å². The summed E-state index contributed by atoms with van der Waals surface area (Å²) in [4.78, 5) is 4.94. The topological polar surface area (TPSA) is 38.0 Å². The molecule has 31 heavy (non-hydrogen) atoms. The highest BCUT2D eigenvalue weighted by molar-refractivity contribution is 14.1. The van der Waals surface area contributed by atoms with Crippen LogP contribution in [0.1, 0.15) is 17.0 Å². The smallest absolute Gasteiger partial charge is 0.177 e. The van der Waals surface area contributed by atoms with Gasteiger partial charge in [-0.05, 0) is 58.0 Å². The number of imidazole rings is 1. The van der Waals surface area contributed by atoms with E-state index in [0.717, 1.165) is 47.0 Å². The molecule has 0 spiro atoms. The molecule has 0 amide bonds. The molecule has 1 N–H and O–H groups in total. The Morgan fingerprint density at radius 2 is 1.58 bits per heavy atom. The minimum absolute atomic E-state index is 0.628. The van der Waals surface area contributed by atoms with Crippen molar-refractivity contribution in [2.24, 2.45) is 0 Å². The average Bonchev–Trinajstić information content (AvgIpc) is 3.29. The molecule has 1 aromatic heterocycles. The van der Waals surface area contributed by atoms with Gasteiger partial charge in [0.15, 0.2) is 11.4 Å². The number of nitrogens with zero attached hydrogens (tertiary/aromatic N) is 2. The molecule has 1 atom stereocenters. The lowest BCUT2D eigenvalue weighted by molar-refractivity contribution is 0.122. The highest BCUT2D eigenvalue weighted by Crippen LogP contribution is 2.51. The van der Waals surface area contributed by atoms with Gasteiger partial charge < -0.3 is 5.11 Å². The lowest BCUT2D eigenvalue weighted by Crippen LogP contribution is -2.29. The maximum Gasteiger partial charge on any atom is 0.177 e. The highest BCUT2D eigenvalue weighted by atomic mass is 127. The molecule has 0 saturated carbocycles. The zero-order valence-corrected chi connectivity index (χ0v) is 20.0. The SMILES string of the molecule is OC1(c2ccccc2-c2ccccc2)c2c(I)cc(Br)cc2-n2c1nc1ccccc12. The van der Waals surface area contributed by atoms with Gasteiger partial charge in [-0.15, -0.1) is 0 Å². The van der Waals surface area contributed by atoms with Gasteiger partial charge in [0.1, 0.15) is 0 Å². The van der Waals surface area contributed by atoms with E-state index in [1.807, 2.05) is 60.7 Å². The van der Waals surface area contributed by atoms with Crippen LogP contribution in [0.5, 0.6) is 0 Å². The van der Waals surface area contributed by atoms with Gasteiger partial charge >= 0.3 is 0 Å². The molecule has 6 rings (SSSR count). The minimum atomic E-state index is -1.38. The van der Waals surface area contributed by atoms with E-state index in [1.165, 1.54) is 0 Å². The molecule has 3 nitrogen and oxygen atoms in total. The van der Waals surface area contributed by atoms with Gasteiger partial charge in [-0.3, -0.25) is 4.57 Å². The Hall–Kier alpha value is -2.48. The minimum Gasteiger partial charge on any atom is -0.373 e. The highest BCUT2D eigenvalue weighted by Gasteiger charge is 2.49. The number of halogens is 2. The van der Waals surface area contributed by atoms with Gasteiger partial charge in [0.05, 0.1) is 16.7 Å². The quantitative estimate of drug-likeness (QED) is 0.238. The van der Waals surface area contributed by atoms with E-state index in [2.05, 4.69) is 73.4 Å². The van der Waals surface area contributed by atoms with Gasteiger partial charge in [0.2, 0.25) is 0 Å². The van der Waals surface area contributed by atoms with Crippen molar-refractivity contribution in [3.63, 3.8) is 0 Å². The monoisotopic (exact) mass is 578 g/mol. The van der Waals surface area contributed by atoms with Crippen LogP contribution in [0, 0.1) is 3.57 Å². The summed E-state index contributed by atoms with van der Waals surface area (Å²) in [5, 5.41) is 12.6. The van der Waals surface area contributed by atoms with Crippen molar-refractivity contribution < 1.29 is 5.11 Å². The predicted molar refractivity (Wildman–Crippen MR) is 135 cm³/mol. The summed E-state index contributed by atoms with van der Waals surface area (Å²) in [5.74, 6) is 0.628. The van der Waals surface area contributed by atoms with Gasteiger partial charge in [-0.2, -0.15) is 0 Å². The Kier molecular flexibility index (Phi) is 4.35. The molecule has 0 bridgehead atoms. The fraction of sp³-hybridized carbons (Fsp3) is 0.0385. The van der Waals surface area contributed by atoms with Crippen LogP contribution < -0.4 is 0 Å². The summed E-state index contributed by atoms with van der Waals surface area (Å²) in [6.45, 7) is 0. The van der Waals surface area contributed by atoms with Crippen LogP contribution in [0.4, 0.5) is 0 Å². The fourth-order valence-electron chi connectivity index (χ4n) is 4.64. The van der Waals surface area contributed by atoms with Crippen molar-refractivity contribution in [3.05, 3.63) is 116 Å². The van der Waals surface area contributed by atoms with E-state index < -0.39 is 5.60 Å². The molecule has 2 heterocycles. The van der Waals surface area contributed by atoms with Gasteiger partial charge in [0.25, 0.3) is 0 Å². The molecule has 0 fully saturated rings. The van der Waals surface area contributed by atoms with Crippen LogP contribution in [0.3, 0.4) is 0 Å². The van der Waals surface area contributed by atoms with Crippen molar-refractivity contribution in [3.8, 4) is 16.8 Å². The Bertz CT molecular complexity index is 1480. The van der Waals surface area contributed by atoms with Crippen molar-refractivity contribution in [1.82, 2.24) is 9.55 Å². The van der Waals surface area contributed by atoms with Crippen LogP contribution in [-0.4, -0.2) is 14.7 Å². The fourth-order valence-corrected chi connectivity index (χ4v) is 6.52. The molecule has 5 aromatic rings. The summed E-state index contributed by atoms with van der Waals surface area (Å²) in [7, 11) is 0. The molecular formula is C26H16BrIN2O. The second kappa shape index (κ2) is 7.02. The molecule has 5 heteroatoms. The van der Waals surface area contributed by atoms with Crippen LogP contribution in [0.25, 0.3) is 27.8 Å². The lowest BCUT2D eigenvalue weighted by atomic mass is 9.82. The Balaban J connectivity index is 1.76. The predicted octanol–water partition coefficient (Wildman–Crippen LogP) is 6.66. The molecule has 0 aliphatic carbocycles. The third kappa shape index (κ3) is 2.70. The first-order chi connectivity index (χ1) is 15.1. The lowest BCUT2D eigenvalue weighted by Gasteiger charge is -2.27. The largest absolute Gasteiger partial charge is 0.373 e. The van der Waals surface area contributed by atoms with Crippen LogP contribution in [0.2, 0.25) is 0 Å². The maximum atomic E-state index is 12.6. The molecule has 0 saturated heterocycles.